The predicted octanol–water partition coefficient (Wildman–Crippen LogP) is 3.09. The number of amides is 1. The van der Waals surface area contributed by atoms with Gasteiger partial charge in [0.2, 0.25) is 0 Å². The molecule has 2 aromatic carbocycles. The maximum atomic E-state index is 12.4. The van der Waals surface area contributed by atoms with Crippen molar-refractivity contribution in [2.45, 2.75) is 20.8 Å². The SMILES string of the molecule is CCOc1cc(C(=O)OCC(=O)Nc2ccc3[nH]c(=O)[nH]c3c2)ccc1OCC(C)C. The fraction of sp³-hybridized carbons (Fsp3) is 0.318. The largest absolute Gasteiger partial charge is 0.490 e. The van der Waals surface area contributed by atoms with E-state index in [0.29, 0.717) is 47.4 Å². The molecule has 3 N–H and O–H groups in total. The molecule has 164 valence electrons. The minimum Gasteiger partial charge on any atom is -0.490 e. The Morgan fingerprint density at radius 1 is 1.00 bits per heavy atom. The number of carbonyl (C=O) groups excluding carboxylic acids is 2. The minimum atomic E-state index is -0.656. The molecule has 0 atom stereocenters. The Morgan fingerprint density at radius 3 is 2.52 bits per heavy atom. The maximum Gasteiger partial charge on any atom is 0.338 e. The van der Waals surface area contributed by atoms with Gasteiger partial charge in [-0.2, -0.15) is 0 Å². The third-order valence-corrected chi connectivity index (χ3v) is 4.19. The van der Waals surface area contributed by atoms with Crippen LogP contribution in [0, 0.1) is 5.92 Å². The maximum absolute atomic E-state index is 12.4. The van der Waals surface area contributed by atoms with Gasteiger partial charge in [-0.25, -0.2) is 9.59 Å². The fourth-order valence-electron chi connectivity index (χ4n) is 2.80. The van der Waals surface area contributed by atoms with Gasteiger partial charge >= 0.3 is 11.7 Å². The molecule has 9 heteroatoms. The molecule has 1 amide bonds. The van der Waals surface area contributed by atoms with Crippen LogP contribution >= 0.6 is 0 Å². The number of hydrogen-bond donors (Lipinski definition) is 3. The van der Waals surface area contributed by atoms with Crippen LogP contribution < -0.4 is 20.5 Å². The summed E-state index contributed by atoms with van der Waals surface area (Å²) in [6.45, 7) is 6.37. The summed E-state index contributed by atoms with van der Waals surface area (Å²) >= 11 is 0. The van der Waals surface area contributed by atoms with Gasteiger partial charge in [0.25, 0.3) is 5.91 Å². The van der Waals surface area contributed by atoms with Crippen molar-refractivity contribution in [3.05, 3.63) is 52.4 Å². The van der Waals surface area contributed by atoms with Crippen LogP contribution in [-0.2, 0) is 9.53 Å². The number of benzene rings is 2. The quantitative estimate of drug-likeness (QED) is 0.451. The number of rotatable bonds is 9. The number of esters is 1. The van der Waals surface area contributed by atoms with Crippen molar-refractivity contribution in [2.24, 2.45) is 5.92 Å². The summed E-state index contributed by atoms with van der Waals surface area (Å²) in [4.78, 5) is 41.1. The molecule has 0 aliphatic rings. The average Bonchev–Trinajstić information content (AvgIpc) is 3.10. The molecule has 0 aliphatic carbocycles. The molecule has 9 nitrogen and oxygen atoms in total. The standard InChI is InChI=1S/C22H25N3O6/c1-4-29-19-9-14(5-8-18(19)30-11-13(2)3)21(27)31-12-20(26)23-15-6-7-16-17(10-15)25-22(28)24-16/h5-10,13H,4,11-12H2,1-3H3,(H,23,26)(H2,24,25,28). The highest BCUT2D eigenvalue weighted by molar-refractivity contribution is 5.96. The minimum absolute atomic E-state index is 0.250. The van der Waals surface area contributed by atoms with Gasteiger partial charge in [-0.05, 0) is 49.2 Å². The summed E-state index contributed by atoms with van der Waals surface area (Å²) in [5, 5.41) is 2.62. The van der Waals surface area contributed by atoms with E-state index in [9.17, 15) is 14.4 Å². The molecule has 0 saturated heterocycles. The van der Waals surface area contributed by atoms with E-state index in [2.05, 4.69) is 15.3 Å². The molecule has 31 heavy (non-hydrogen) atoms. The monoisotopic (exact) mass is 427 g/mol. The van der Waals surface area contributed by atoms with E-state index in [1.807, 2.05) is 20.8 Å². The van der Waals surface area contributed by atoms with E-state index < -0.39 is 18.5 Å². The molecule has 0 radical (unpaired) electrons. The average molecular weight is 427 g/mol. The van der Waals surface area contributed by atoms with Gasteiger partial charge in [0.15, 0.2) is 18.1 Å². The highest BCUT2D eigenvalue weighted by Gasteiger charge is 2.15. The second-order valence-electron chi connectivity index (χ2n) is 7.26. The first-order chi connectivity index (χ1) is 14.9. The lowest BCUT2D eigenvalue weighted by atomic mass is 10.2. The highest BCUT2D eigenvalue weighted by Crippen LogP contribution is 2.29. The Kier molecular flexibility index (Phi) is 6.96. The molecular weight excluding hydrogens is 402 g/mol. The lowest BCUT2D eigenvalue weighted by molar-refractivity contribution is -0.119. The van der Waals surface area contributed by atoms with Crippen LogP contribution in [0.4, 0.5) is 5.69 Å². The number of carbonyl (C=O) groups is 2. The molecule has 1 heterocycles. The first kappa shape index (κ1) is 21.9. The zero-order valence-corrected chi connectivity index (χ0v) is 17.6. The van der Waals surface area contributed by atoms with E-state index in [-0.39, 0.29) is 11.3 Å². The molecule has 0 spiro atoms. The lowest BCUT2D eigenvalue weighted by Crippen LogP contribution is -2.21. The number of imidazole rings is 1. The fourth-order valence-corrected chi connectivity index (χ4v) is 2.80. The summed E-state index contributed by atoms with van der Waals surface area (Å²) in [5.41, 5.74) is 1.57. The van der Waals surface area contributed by atoms with Gasteiger partial charge in [0, 0.05) is 5.69 Å². The number of aromatic nitrogens is 2. The molecule has 0 saturated carbocycles. The Balaban J connectivity index is 1.60. The molecule has 3 aromatic rings. The van der Waals surface area contributed by atoms with Gasteiger partial charge in [-0.1, -0.05) is 13.8 Å². The molecular formula is C22H25N3O6. The van der Waals surface area contributed by atoms with Crippen molar-refractivity contribution in [3.63, 3.8) is 0 Å². The molecule has 3 rings (SSSR count). The summed E-state index contributed by atoms with van der Waals surface area (Å²) < 4.78 is 16.4. The summed E-state index contributed by atoms with van der Waals surface area (Å²) in [6.07, 6.45) is 0. The Morgan fingerprint density at radius 2 is 1.77 bits per heavy atom. The van der Waals surface area contributed by atoms with Crippen LogP contribution in [0.15, 0.2) is 41.2 Å². The molecule has 0 aliphatic heterocycles. The van der Waals surface area contributed by atoms with Crippen LogP contribution in [-0.4, -0.2) is 41.7 Å². The second kappa shape index (κ2) is 9.84. The number of ether oxygens (including phenoxy) is 3. The van der Waals surface area contributed by atoms with Crippen LogP contribution in [0.3, 0.4) is 0 Å². The van der Waals surface area contributed by atoms with E-state index in [1.165, 1.54) is 6.07 Å². The normalized spacial score (nSPS) is 10.8. The third-order valence-electron chi connectivity index (χ3n) is 4.19. The number of fused-ring (bicyclic) bond motifs is 1. The van der Waals surface area contributed by atoms with Gasteiger partial charge in [0.1, 0.15) is 0 Å². The van der Waals surface area contributed by atoms with E-state index in [0.717, 1.165) is 0 Å². The van der Waals surface area contributed by atoms with Crippen LogP contribution in [0.1, 0.15) is 31.1 Å². The Hall–Kier alpha value is -3.75. The molecule has 1 aromatic heterocycles. The van der Waals surface area contributed by atoms with Gasteiger partial charge < -0.3 is 29.5 Å². The topological polar surface area (TPSA) is 123 Å². The highest BCUT2D eigenvalue weighted by atomic mass is 16.5. The molecule has 0 unspecified atom stereocenters. The van der Waals surface area contributed by atoms with Crippen molar-refractivity contribution < 1.29 is 23.8 Å². The number of hydrogen-bond acceptors (Lipinski definition) is 6. The number of anilines is 1. The number of nitrogens with one attached hydrogen (secondary N) is 3. The zero-order valence-electron chi connectivity index (χ0n) is 17.6. The van der Waals surface area contributed by atoms with Crippen molar-refractivity contribution in [2.75, 3.05) is 25.1 Å². The van der Waals surface area contributed by atoms with Crippen molar-refractivity contribution >= 4 is 28.6 Å². The predicted molar refractivity (Wildman–Crippen MR) is 116 cm³/mol. The first-order valence-electron chi connectivity index (χ1n) is 9.94. The van der Waals surface area contributed by atoms with Gasteiger partial charge in [0.05, 0.1) is 29.8 Å². The van der Waals surface area contributed by atoms with Crippen molar-refractivity contribution in [3.8, 4) is 11.5 Å². The Labute approximate surface area is 178 Å². The van der Waals surface area contributed by atoms with Gasteiger partial charge in [-0.3, -0.25) is 4.79 Å². The van der Waals surface area contributed by atoms with Crippen LogP contribution in [0.5, 0.6) is 11.5 Å². The van der Waals surface area contributed by atoms with Crippen molar-refractivity contribution in [1.82, 2.24) is 9.97 Å². The van der Waals surface area contributed by atoms with Crippen LogP contribution in [0.25, 0.3) is 11.0 Å². The first-order valence-corrected chi connectivity index (χ1v) is 9.94. The zero-order chi connectivity index (χ0) is 22.4. The number of aromatic amines is 2. The Bertz CT molecular complexity index is 1130. The second-order valence-corrected chi connectivity index (χ2v) is 7.26. The summed E-state index contributed by atoms with van der Waals surface area (Å²) in [5.74, 6) is 0.166. The molecule has 0 fully saturated rings. The van der Waals surface area contributed by atoms with E-state index >= 15 is 0 Å². The van der Waals surface area contributed by atoms with Crippen molar-refractivity contribution in [1.29, 1.82) is 0 Å². The third kappa shape index (κ3) is 5.88. The van der Waals surface area contributed by atoms with Gasteiger partial charge in [-0.15, -0.1) is 0 Å². The van der Waals surface area contributed by atoms with E-state index in [4.69, 9.17) is 14.2 Å². The van der Waals surface area contributed by atoms with E-state index in [1.54, 1.807) is 30.3 Å². The smallest absolute Gasteiger partial charge is 0.338 e. The van der Waals surface area contributed by atoms with Crippen LogP contribution in [0.2, 0.25) is 0 Å². The summed E-state index contributed by atoms with van der Waals surface area (Å²) in [7, 11) is 0. The lowest BCUT2D eigenvalue weighted by Gasteiger charge is -2.14. The molecule has 0 bridgehead atoms. The number of H-pyrrole nitrogens is 2. The summed E-state index contributed by atoms with van der Waals surface area (Å²) in [6, 6.07) is 9.65.